The number of aromatic nitrogens is 5. The van der Waals surface area contributed by atoms with Gasteiger partial charge < -0.3 is 9.72 Å². The molecule has 0 aliphatic heterocycles. The first-order valence-corrected chi connectivity index (χ1v) is 13.3. The van der Waals surface area contributed by atoms with Crippen molar-refractivity contribution in [1.29, 1.82) is 0 Å². The number of nitrogens with one attached hydrogen (secondary N) is 1. The van der Waals surface area contributed by atoms with E-state index in [0.717, 1.165) is 51.2 Å². The third-order valence-electron chi connectivity index (χ3n) is 7.17. The van der Waals surface area contributed by atoms with Crippen molar-refractivity contribution in [1.82, 2.24) is 30.1 Å². The summed E-state index contributed by atoms with van der Waals surface area (Å²) in [6, 6.07) is 24.2. The van der Waals surface area contributed by atoms with Crippen LogP contribution >= 0.6 is 0 Å². The minimum Gasteiger partial charge on any atom is -0.496 e. The number of pyridine rings is 1. The Kier molecular flexibility index (Phi) is 7.84. The van der Waals surface area contributed by atoms with Crippen molar-refractivity contribution < 1.29 is 4.74 Å². The zero-order valence-corrected chi connectivity index (χ0v) is 22.9. The summed E-state index contributed by atoms with van der Waals surface area (Å²) >= 11 is 0. The number of nitrogens with zero attached hydrogens (tertiary/aromatic N) is 5. The predicted molar refractivity (Wildman–Crippen MR) is 153 cm³/mol. The van der Waals surface area contributed by atoms with Gasteiger partial charge >= 0.3 is 0 Å². The number of hydrogen-bond acceptors (Lipinski definition) is 6. The second-order valence-corrected chi connectivity index (χ2v) is 9.99. The summed E-state index contributed by atoms with van der Waals surface area (Å²) in [4.78, 5) is 18.7. The van der Waals surface area contributed by atoms with E-state index in [0.29, 0.717) is 25.2 Å². The van der Waals surface area contributed by atoms with E-state index in [9.17, 15) is 4.79 Å². The Morgan fingerprint density at radius 3 is 2.49 bits per heavy atom. The largest absolute Gasteiger partial charge is 0.496 e. The number of hydrogen-bond donors (Lipinski definition) is 1. The van der Waals surface area contributed by atoms with Gasteiger partial charge in [-0.05, 0) is 65.4 Å². The molecule has 39 heavy (non-hydrogen) atoms. The Labute approximate surface area is 228 Å². The summed E-state index contributed by atoms with van der Waals surface area (Å²) in [6.07, 6.45) is 0.758. The highest BCUT2D eigenvalue weighted by Gasteiger charge is 2.27. The van der Waals surface area contributed by atoms with Crippen LogP contribution in [0.2, 0.25) is 0 Å². The lowest BCUT2D eigenvalue weighted by molar-refractivity contribution is 0.159. The van der Waals surface area contributed by atoms with Crippen molar-refractivity contribution in [2.45, 2.75) is 52.9 Å². The Hall–Kier alpha value is -4.30. The van der Waals surface area contributed by atoms with Crippen LogP contribution in [-0.4, -0.2) is 37.2 Å². The fourth-order valence-corrected chi connectivity index (χ4v) is 5.32. The summed E-state index contributed by atoms with van der Waals surface area (Å²) in [5.74, 6) is 1.57. The Bertz CT molecular complexity index is 1630. The Balaban J connectivity index is 1.56. The van der Waals surface area contributed by atoms with Gasteiger partial charge in [-0.3, -0.25) is 9.69 Å². The number of aryl methyl sites for hydroxylation is 2. The molecule has 0 radical (unpaired) electrons. The van der Waals surface area contributed by atoms with E-state index in [4.69, 9.17) is 4.74 Å². The Morgan fingerprint density at radius 1 is 0.974 bits per heavy atom. The van der Waals surface area contributed by atoms with Crippen molar-refractivity contribution >= 4 is 10.9 Å². The van der Waals surface area contributed by atoms with Gasteiger partial charge in [-0.1, -0.05) is 67.1 Å². The molecule has 200 valence electrons. The molecule has 5 aromatic rings. The smallest absolute Gasteiger partial charge is 0.252 e. The van der Waals surface area contributed by atoms with E-state index in [-0.39, 0.29) is 11.6 Å². The molecule has 0 fully saturated rings. The highest BCUT2D eigenvalue weighted by Crippen LogP contribution is 2.29. The Morgan fingerprint density at radius 2 is 1.72 bits per heavy atom. The van der Waals surface area contributed by atoms with Crippen LogP contribution in [-0.2, 0) is 19.6 Å². The first-order chi connectivity index (χ1) is 19.0. The quantitative estimate of drug-likeness (QED) is 0.266. The zero-order chi connectivity index (χ0) is 27.4. The lowest BCUT2D eigenvalue weighted by Crippen LogP contribution is -2.32. The molecule has 0 bridgehead atoms. The molecule has 0 saturated carbocycles. The third kappa shape index (κ3) is 5.76. The van der Waals surface area contributed by atoms with E-state index in [2.05, 4.69) is 69.6 Å². The van der Waals surface area contributed by atoms with Crippen LogP contribution in [0.5, 0.6) is 5.75 Å². The topological polar surface area (TPSA) is 88.9 Å². The van der Waals surface area contributed by atoms with Gasteiger partial charge in [0.1, 0.15) is 5.75 Å². The van der Waals surface area contributed by atoms with E-state index in [1.807, 2.05) is 54.1 Å². The first kappa shape index (κ1) is 26.3. The fraction of sp³-hybridized carbons (Fsp3) is 0.290. The number of H-pyrrole nitrogens is 1. The van der Waals surface area contributed by atoms with Crippen LogP contribution in [0.3, 0.4) is 0 Å². The molecule has 0 amide bonds. The first-order valence-electron chi connectivity index (χ1n) is 13.3. The van der Waals surface area contributed by atoms with Crippen molar-refractivity contribution in [2.75, 3.05) is 7.11 Å². The SMILES string of the molecule is CCC(c1nnnn1Cc1ccccc1)N(Cc1ccccc1OC)Cc1cc2cc(C)cc(C)c2[nH]c1=O. The number of tetrazole rings is 1. The maximum absolute atomic E-state index is 13.3. The summed E-state index contributed by atoms with van der Waals surface area (Å²) < 4.78 is 7.53. The molecule has 1 unspecified atom stereocenters. The molecule has 2 aromatic heterocycles. The summed E-state index contributed by atoms with van der Waals surface area (Å²) in [5.41, 5.74) is 5.87. The van der Waals surface area contributed by atoms with Gasteiger partial charge in [-0.25, -0.2) is 4.68 Å². The fourth-order valence-electron chi connectivity index (χ4n) is 5.32. The van der Waals surface area contributed by atoms with E-state index >= 15 is 0 Å². The van der Waals surface area contributed by atoms with Crippen molar-refractivity contribution in [3.05, 3.63) is 117 Å². The lowest BCUT2D eigenvalue weighted by Gasteiger charge is -2.30. The minimum atomic E-state index is -0.136. The van der Waals surface area contributed by atoms with Crippen molar-refractivity contribution in [2.24, 2.45) is 0 Å². The predicted octanol–water partition coefficient (Wildman–Crippen LogP) is 5.34. The number of methoxy groups -OCH3 is 1. The maximum atomic E-state index is 13.3. The molecule has 0 spiro atoms. The molecule has 1 N–H and O–H groups in total. The van der Waals surface area contributed by atoms with Gasteiger partial charge in [0.05, 0.1) is 25.2 Å². The van der Waals surface area contributed by atoms with E-state index < -0.39 is 0 Å². The summed E-state index contributed by atoms with van der Waals surface area (Å²) in [6.45, 7) is 7.78. The average molecular weight is 523 g/mol. The lowest BCUT2D eigenvalue weighted by atomic mass is 10.0. The molecule has 0 saturated heterocycles. The van der Waals surface area contributed by atoms with Crippen molar-refractivity contribution in [3.63, 3.8) is 0 Å². The highest BCUT2D eigenvalue weighted by atomic mass is 16.5. The molecule has 8 heteroatoms. The molecule has 0 aliphatic rings. The van der Waals surface area contributed by atoms with Gasteiger partial charge in [-0.15, -0.1) is 5.10 Å². The van der Waals surface area contributed by atoms with Crippen LogP contribution in [0.25, 0.3) is 10.9 Å². The van der Waals surface area contributed by atoms with Gasteiger partial charge in [0, 0.05) is 24.2 Å². The monoisotopic (exact) mass is 522 g/mol. The number of rotatable bonds is 10. The average Bonchev–Trinajstić information content (AvgIpc) is 3.38. The molecule has 5 rings (SSSR count). The molecule has 3 aromatic carbocycles. The van der Waals surface area contributed by atoms with E-state index in [1.165, 1.54) is 0 Å². The van der Waals surface area contributed by atoms with E-state index in [1.54, 1.807) is 7.11 Å². The number of fused-ring (bicyclic) bond motifs is 1. The molecule has 0 aliphatic carbocycles. The van der Waals surface area contributed by atoms with Gasteiger partial charge in [0.2, 0.25) is 0 Å². The molecule has 1 atom stereocenters. The van der Waals surface area contributed by atoms with Crippen LogP contribution in [0.1, 0.15) is 53.0 Å². The van der Waals surface area contributed by atoms with Crippen LogP contribution < -0.4 is 10.3 Å². The van der Waals surface area contributed by atoms with Gasteiger partial charge in [-0.2, -0.15) is 0 Å². The number of ether oxygens (including phenoxy) is 1. The third-order valence-corrected chi connectivity index (χ3v) is 7.17. The number of para-hydroxylation sites is 1. The normalized spacial score (nSPS) is 12.2. The summed E-state index contributed by atoms with van der Waals surface area (Å²) in [7, 11) is 1.68. The van der Waals surface area contributed by atoms with Crippen LogP contribution in [0.4, 0.5) is 0 Å². The molecule has 2 heterocycles. The molecular weight excluding hydrogens is 488 g/mol. The van der Waals surface area contributed by atoms with Crippen molar-refractivity contribution in [3.8, 4) is 5.75 Å². The van der Waals surface area contributed by atoms with Crippen LogP contribution in [0, 0.1) is 13.8 Å². The summed E-state index contributed by atoms with van der Waals surface area (Å²) in [5, 5.41) is 13.9. The van der Waals surface area contributed by atoms with Gasteiger partial charge in [0.25, 0.3) is 5.56 Å². The minimum absolute atomic E-state index is 0.0850. The maximum Gasteiger partial charge on any atom is 0.252 e. The molecule has 8 nitrogen and oxygen atoms in total. The van der Waals surface area contributed by atoms with Crippen LogP contribution in [0.15, 0.2) is 77.6 Å². The number of aromatic amines is 1. The zero-order valence-electron chi connectivity index (χ0n) is 22.9. The standard InChI is InChI=1S/C31H34N6O2/c1-5-27(30-33-34-35-37(30)18-23-11-7-6-8-12-23)36(19-24-13-9-10-14-28(24)39-4)20-26-17-25-16-21(2)15-22(3)29(25)32-31(26)38/h6-17,27H,5,18-20H2,1-4H3,(H,32,38). The molecular formula is C31H34N6O2. The highest BCUT2D eigenvalue weighted by molar-refractivity contribution is 5.82. The second kappa shape index (κ2) is 11.6. The van der Waals surface area contributed by atoms with Gasteiger partial charge in [0.15, 0.2) is 5.82 Å². The second-order valence-electron chi connectivity index (χ2n) is 9.99. The number of benzene rings is 3.